The maximum absolute atomic E-state index is 12.3. The number of hydrogen-bond donors (Lipinski definition) is 3. The van der Waals surface area contributed by atoms with E-state index >= 15 is 0 Å². The van der Waals surface area contributed by atoms with Crippen LogP contribution in [0.15, 0.2) is 12.3 Å². The number of aliphatic hydroxyl groups excluding tert-OH is 1. The molecule has 1 saturated heterocycles. The van der Waals surface area contributed by atoms with Crippen LogP contribution in [0.1, 0.15) is 56.6 Å². The fraction of sp³-hybridized carbons (Fsp3) is 0.750. The first kappa shape index (κ1) is 19.9. The summed E-state index contributed by atoms with van der Waals surface area (Å²) in [6.45, 7) is 8.16. The van der Waals surface area contributed by atoms with Crippen molar-refractivity contribution in [2.24, 2.45) is 5.41 Å². The molecule has 2 rings (SSSR count). The van der Waals surface area contributed by atoms with Crippen LogP contribution < -0.4 is 10.6 Å². The Kier molecular flexibility index (Phi) is 7.51. The van der Waals surface area contributed by atoms with Crippen LogP contribution >= 0.6 is 12.4 Å². The molecule has 0 saturated carbocycles. The number of nitrogens with zero attached hydrogens (tertiary/aromatic N) is 2. The van der Waals surface area contributed by atoms with E-state index in [4.69, 9.17) is 0 Å². The summed E-state index contributed by atoms with van der Waals surface area (Å²) in [5, 5.41) is 20.1. The average Bonchev–Trinajstić information content (AvgIpc) is 2.96. The lowest BCUT2D eigenvalue weighted by Gasteiger charge is -2.25. The Morgan fingerprint density at radius 1 is 1.57 bits per heavy atom. The van der Waals surface area contributed by atoms with E-state index in [1.54, 1.807) is 6.07 Å². The average molecular weight is 345 g/mol. The van der Waals surface area contributed by atoms with Crippen molar-refractivity contribution in [3.05, 3.63) is 18.0 Å². The zero-order chi connectivity index (χ0) is 16.2. The van der Waals surface area contributed by atoms with Crippen LogP contribution in [0.25, 0.3) is 0 Å². The Balaban J connectivity index is 0.00000264. The molecule has 1 aromatic heterocycles. The maximum atomic E-state index is 12.3. The molecule has 0 bridgehead atoms. The van der Waals surface area contributed by atoms with Crippen molar-refractivity contribution in [2.75, 3.05) is 19.7 Å². The number of nitrogens with one attached hydrogen (secondary N) is 2. The van der Waals surface area contributed by atoms with Gasteiger partial charge in [0.15, 0.2) is 0 Å². The summed E-state index contributed by atoms with van der Waals surface area (Å²) in [5.41, 5.74) is 0.464. The Morgan fingerprint density at radius 3 is 2.87 bits per heavy atom. The van der Waals surface area contributed by atoms with Crippen LogP contribution in [0.4, 0.5) is 0 Å². The molecule has 2 atom stereocenters. The predicted octanol–water partition coefficient (Wildman–Crippen LogP) is 1.76. The minimum atomic E-state index is -0.242. The van der Waals surface area contributed by atoms with Crippen LogP contribution in [0.3, 0.4) is 0 Å². The highest BCUT2D eigenvalue weighted by atomic mass is 35.5. The number of piperidine rings is 1. The first-order valence-electron chi connectivity index (χ1n) is 8.06. The summed E-state index contributed by atoms with van der Waals surface area (Å²) in [5.74, 6) is -0.217. The number of hydrogen-bond acceptors (Lipinski definition) is 4. The van der Waals surface area contributed by atoms with E-state index < -0.39 is 0 Å². The van der Waals surface area contributed by atoms with Gasteiger partial charge in [0, 0.05) is 12.7 Å². The molecule has 1 aliphatic heterocycles. The third-order valence-corrected chi connectivity index (χ3v) is 3.90. The molecule has 1 aliphatic rings. The number of halogens is 1. The highest BCUT2D eigenvalue weighted by Crippen LogP contribution is 2.21. The van der Waals surface area contributed by atoms with E-state index in [0.717, 1.165) is 32.4 Å². The number of aromatic nitrogens is 2. The molecule has 1 aromatic rings. The number of carbonyl (C=O) groups excluding carboxylic acids is 1. The molecular weight excluding hydrogens is 316 g/mol. The molecule has 0 aliphatic carbocycles. The molecule has 1 amide bonds. The van der Waals surface area contributed by atoms with Crippen molar-refractivity contribution in [3.63, 3.8) is 0 Å². The van der Waals surface area contributed by atoms with Gasteiger partial charge in [0.05, 0.1) is 18.7 Å². The van der Waals surface area contributed by atoms with Gasteiger partial charge in [-0.25, -0.2) is 0 Å². The molecule has 0 aromatic carbocycles. The zero-order valence-electron chi connectivity index (χ0n) is 14.2. The van der Waals surface area contributed by atoms with Crippen molar-refractivity contribution in [1.29, 1.82) is 0 Å². The van der Waals surface area contributed by atoms with E-state index in [1.807, 2.05) is 10.9 Å². The van der Waals surface area contributed by atoms with E-state index in [1.165, 1.54) is 0 Å². The molecular formula is C16H29ClN4O2. The fourth-order valence-electron chi connectivity index (χ4n) is 2.88. The molecule has 0 radical (unpaired) electrons. The largest absolute Gasteiger partial charge is 0.394 e. The van der Waals surface area contributed by atoms with Gasteiger partial charge >= 0.3 is 0 Å². The van der Waals surface area contributed by atoms with Crippen molar-refractivity contribution in [3.8, 4) is 0 Å². The van der Waals surface area contributed by atoms with E-state index in [-0.39, 0.29) is 36.4 Å². The lowest BCUT2D eigenvalue weighted by molar-refractivity contribution is 0.0891. The van der Waals surface area contributed by atoms with Crippen LogP contribution in [-0.2, 0) is 0 Å². The van der Waals surface area contributed by atoms with Gasteiger partial charge in [-0.1, -0.05) is 20.8 Å². The third kappa shape index (κ3) is 6.12. The quantitative estimate of drug-likeness (QED) is 0.760. The molecule has 132 valence electrons. The van der Waals surface area contributed by atoms with Gasteiger partial charge in [0.1, 0.15) is 5.69 Å². The minimum Gasteiger partial charge on any atom is -0.394 e. The Labute approximate surface area is 144 Å². The van der Waals surface area contributed by atoms with Crippen LogP contribution in [0.2, 0.25) is 0 Å². The number of carbonyl (C=O) groups is 1. The van der Waals surface area contributed by atoms with Gasteiger partial charge in [0.25, 0.3) is 5.91 Å². The van der Waals surface area contributed by atoms with Crippen molar-refractivity contribution >= 4 is 18.3 Å². The summed E-state index contributed by atoms with van der Waals surface area (Å²) in [6.07, 6.45) is 4.80. The smallest absolute Gasteiger partial charge is 0.272 e. The summed E-state index contributed by atoms with van der Waals surface area (Å²) in [7, 11) is 0. The predicted molar refractivity (Wildman–Crippen MR) is 93.0 cm³/mol. The highest BCUT2D eigenvalue weighted by molar-refractivity contribution is 5.92. The van der Waals surface area contributed by atoms with E-state index in [9.17, 15) is 9.90 Å². The first-order chi connectivity index (χ1) is 10.4. The van der Waals surface area contributed by atoms with E-state index in [0.29, 0.717) is 11.7 Å². The molecule has 7 heteroatoms. The molecule has 2 unspecified atom stereocenters. The van der Waals surface area contributed by atoms with Crippen LogP contribution in [0.5, 0.6) is 0 Å². The van der Waals surface area contributed by atoms with Gasteiger partial charge in [0.2, 0.25) is 0 Å². The second-order valence-corrected chi connectivity index (χ2v) is 7.30. The summed E-state index contributed by atoms with van der Waals surface area (Å²) in [4.78, 5) is 12.3. The van der Waals surface area contributed by atoms with Crippen molar-refractivity contribution in [1.82, 2.24) is 20.4 Å². The number of amides is 1. The second kappa shape index (κ2) is 8.66. The van der Waals surface area contributed by atoms with E-state index in [2.05, 4.69) is 36.5 Å². The van der Waals surface area contributed by atoms with Crippen LogP contribution in [0, 0.1) is 5.41 Å². The SMILES string of the molecule is CC(C)(C)CC(CO)NC(=O)c1ccn(C2CCCNC2)n1.Cl. The number of aliphatic hydroxyl groups is 1. The van der Waals surface area contributed by atoms with Gasteiger partial charge < -0.3 is 15.7 Å². The van der Waals surface area contributed by atoms with Gasteiger partial charge in [-0.2, -0.15) is 5.10 Å². The Morgan fingerprint density at radius 2 is 2.30 bits per heavy atom. The van der Waals surface area contributed by atoms with Crippen molar-refractivity contribution in [2.45, 2.75) is 52.1 Å². The Bertz CT molecular complexity index is 493. The fourth-order valence-corrected chi connectivity index (χ4v) is 2.88. The molecule has 3 N–H and O–H groups in total. The molecule has 6 nitrogen and oxygen atoms in total. The lowest BCUT2D eigenvalue weighted by Crippen LogP contribution is -2.40. The standard InChI is InChI=1S/C16H28N4O2.ClH/c1-16(2,3)9-12(11-21)18-15(22)14-6-8-20(19-14)13-5-4-7-17-10-13;/h6,8,12-13,17,21H,4-5,7,9-11H2,1-3H3,(H,18,22);1H. The van der Waals surface area contributed by atoms with Gasteiger partial charge in [-0.15, -0.1) is 12.4 Å². The second-order valence-electron chi connectivity index (χ2n) is 7.30. The molecule has 23 heavy (non-hydrogen) atoms. The monoisotopic (exact) mass is 344 g/mol. The first-order valence-corrected chi connectivity index (χ1v) is 8.06. The third-order valence-electron chi connectivity index (χ3n) is 3.90. The molecule has 0 spiro atoms. The lowest BCUT2D eigenvalue weighted by atomic mass is 9.88. The van der Waals surface area contributed by atoms with Gasteiger partial charge in [-0.05, 0) is 37.3 Å². The summed E-state index contributed by atoms with van der Waals surface area (Å²) in [6, 6.07) is 1.82. The number of rotatable bonds is 5. The zero-order valence-corrected chi connectivity index (χ0v) is 15.0. The highest BCUT2D eigenvalue weighted by Gasteiger charge is 2.22. The topological polar surface area (TPSA) is 79.2 Å². The minimum absolute atomic E-state index is 0. The normalized spacial score (nSPS) is 19.7. The summed E-state index contributed by atoms with van der Waals surface area (Å²) < 4.78 is 1.87. The Hall–Kier alpha value is -1.11. The van der Waals surface area contributed by atoms with Gasteiger partial charge in [-0.3, -0.25) is 9.48 Å². The van der Waals surface area contributed by atoms with Crippen LogP contribution in [-0.4, -0.2) is 46.5 Å². The molecule has 2 heterocycles. The summed E-state index contributed by atoms with van der Waals surface area (Å²) >= 11 is 0. The van der Waals surface area contributed by atoms with Crippen molar-refractivity contribution < 1.29 is 9.90 Å². The maximum Gasteiger partial charge on any atom is 0.272 e. The molecule has 1 fully saturated rings.